The first-order valence-corrected chi connectivity index (χ1v) is 8.54. The van der Waals surface area contributed by atoms with Gasteiger partial charge in [0.05, 0.1) is 5.69 Å². The molecular weight excluding hydrogens is 342 g/mol. The third-order valence-corrected chi connectivity index (χ3v) is 4.85. The molecule has 0 spiro atoms. The molecule has 1 fully saturated rings. The summed E-state index contributed by atoms with van der Waals surface area (Å²) in [6.07, 6.45) is 3.81. The number of nitrogens with zero attached hydrogens (tertiary/aromatic N) is 5. The molecule has 1 aromatic carbocycles. The van der Waals surface area contributed by atoms with Gasteiger partial charge >= 0.3 is 0 Å². The highest BCUT2D eigenvalue weighted by molar-refractivity contribution is 9.10. The Morgan fingerprint density at radius 3 is 2.73 bits per heavy atom. The van der Waals surface area contributed by atoms with Gasteiger partial charge in [-0.25, -0.2) is 0 Å². The van der Waals surface area contributed by atoms with Crippen LogP contribution in [-0.2, 0) is 6.54 Å². The highest BCUT2D eigenvalue weighted by atomic mass is 79.9. The highest BCUT2D eigenvalue weighted by Crippen LogP contribution is 2.28. The number of likely N-dealkylation sites (tertiary alicyclic amines) is 1. The van der Waals surface area contributed by atoms with Crippen molar-refractivity contribution >= 4 is 21.8 Å². The summed E-state index contributed by atoms with van der Waals surface area (Å²) in [5.74, 6) is 2.92. The van der Waals surface area contributed by atoms with E-state index in [1.165, 1.54) is 19.3 Å². The van der Waals surface area contributed by atoms with E-state index in [-0.39, 0.29) is 0 Å². The van der Waals surface area contributed by atoms with Crippen LogP contribution in [0.25, 0.3) is 5.69 Å². The fourth-order valence-corrected chi connectivity index (χ4v) is 3.67. The minimum Gasteiger partial charge on any atom is -0.356 e. The SMILES string of the molecule is Cc1nnc2n1-c1ccc(Br)cc1C(N1CCCCC1)=NC2. The topological polar surface area (TPSA) is 46.3 Å². The summed E-state index contributed by atoms with van der Waals surface area (Å²) in [6.45, 7) is 4.75. The number of aliphatic imine (C=N–C) groups is 1. The Morgan fingerprint density at radius 1 is 1.09 bits per heavy atom. The van der Waals surface area contributed by atoms with Crippen molar-refractivity contribution in [2.45, 2.75) is 32.7 Å². The molecule has 0 radical (unpaired) electrons. The Kier molecular flexibility index (Phi) is 3.48. The Balaban J connectivity index is 1.89. The van der Waals surface area contributed by atoms with Gasteiger partial charge in [-0.2, -0.15) is 0 Å². The van der Waals surface area contributed by atoms with Gasteiger partial charge in [-0.15, -0.1) is 10.2 Å². The quantitative estimate of drug-likeness (QED) is 0.725. The maximum atomic E-state index is 4.88. The van der Waals surface area contributed by atoms with E-state index in [1.807, 2.05) is 6.92 Å². The van der Waals surface area contributed by atoms with E-state index < -0.39 is 0 Å². The van der Waals surface area contributed by atoms with Crippen LogP contribution in [0.2, 0.25) is 0 Å². The Morgan fingerprint density at radius 2 is 1.91 bits per heavy atom. The first kappa shape index (κ1) is 13.9. The van der Waals surface area contributed by atoms with Crippen LogP contribution in [-0.4, -0.2) is 38.6 Å². The van der Waals surface area contributed by atoms with Gasteiger partial charge in [-0.05, 0) is 44.4 Å². The van der Waals surface area contributed by atoms with Crippen molar-refractivity contribution in [3.05, 3.63) is 39.9 Å². The third-order valence-electron chi connectivity index (χ3n) is 4.36. The van der Waals surface area contributed by atoms with E-state index in [0.717, 1.165) is 46.3 Å². The molecule has 0 aliphatic carbocycles. The zero-order chi connectivity index (χ0) is 15.1. The molecule has 3 heterocycles. The summed E-state index contributed by atoms with van der Waals surface area (Å²) < 4.78 is 3.20. The van der Waals surface area contributed by atoms with E-state index in [4.69, 9.17) is 4.99 Å². The third kappa shape index (κ3) is 2.26. The first-order valence-electron chi connectivity index (χ1n) is 7.74. The number of piperidine rings is 1. The second-order valence-corrected chi connectivity index (χ2v) is 6.76. The minimum atomic E-state index is 0.582. The van der Waals surface area contributed by atoms with Gasteiger partial charge in [0.15, 0.2) is 5.82 Å². The number of hydrogen-bond donors (Lipinski definition) is 0. The van der Waals surface area contributed by atoms with E-state index in [0.29, 0.717) is 6.54 Å². The first-order chi connectivity index (χ1) is 10.7. The number of aromatic nitrogens is 3. The predicted octanol–water partition coefficient (Wildman–Crippen LogP) is 3.08. The average molecular weight is 360 g/mol. The van der Waals surface area contributed by atoms with Crippen molar-refractivity contribution in [3.63, 3.8) is 0 Å². The summed E-state index contributed by atoms with van der Waals surface area (Å²) in [5, 5.41) is 8.51. The fourth-order valence-electron chi connectivity index (χ4n) is 3.31. The number of halogens is 1. The standard InChI is InChI=1S/C16H18BrN5/c1-11-19-20-15-10-18-16(21-7-3-2-4-8-21)13-9-12(17)5-6-14(13)22(11)15/h5-6,9H,2-4,7-8,10H2,1H3. The molecule has 2 aromatic rings. The number of benzene rings is 1. The van der Waals surface area contributed by atoms with Gasteiger partial charge in [0.25, 0.3) is 0 Å². The van der Waals surface area contributed by atoms with E-state index in [2.05, 4.69) is 53.8 Å². The molecule has 0 atom stereocenters. The van der Waals surface area contributed by atoms with Crippen LogP contribution in [0, 0.1) is 6.92 Å². The molecule has 0 amide bonds. The molecule has 4 rings (SSSR count). The zero-order valence-corrected chi connectivity index (χ0v) is 14.2. The molecular formula is C16H18BrN5. The predicted molar refractivity (Wildman–Crippen MR) is 89.5 cm³/mol. The summed E-state index contributed by atoms with van der Waals surface area (Å²) in [6, 6.07) is 6.36. The molecule has 0 unspecified atom stereocenters. The molecule has 114 valence electrons. The molecule has 1 saturated heterocycles. The Bertz CT molecular complexity index is 743. The van der Waals surface area contributed by atoms with Crippen molar-refractivity contribution in [1.82, 2.24) is 19.7 Å². The van der Waals surface area contributed by atoms with Crippen LogP contribution >= 0.6 is 15.9 Å². The van der Waals surface area contributed by atoms with Gasteiger partial charge in [-0.3, -0.25) is 9.56 Å². The van der Waals surface area contributed by atoms with Gasteiger partial charge in [0.1, 0.15) is 18.2 Å². The lowest BCUT2D eigenvalue weighted by Gasteiger charge is -2.30. The molecule has 5 nitrogen and oxygen atoms in total. The average Bonchev–Trinajstić information content (AvgIpc) is 2.82. The van der Waals surface area contributed by atoms with Crippen molar-refractivity contribution < 1.29 is 0 Å². The van der Waals surface area contributed by atoms with E-state index >= 15 is 0 Å². The number of fused-ring (bicyclic) bond motifs is 3. The highest BCUT2D eigenvalue weighted by Gasteiger charge is 2.25. The molecule has 2 aliphatic rings. The molecule has 0 saturated carbocycles. The van der Waals surface area contributed by atoms with E-state index in [9.17, 15) is 0 Å². The molecule has 0 N–H and O–H groups in total. The maximum absolute atomic E-state index is 4.88. The van der Waals surface area contributed by atoms with Crippen molar-refractivity contribution in [2.75, 3.05) is 13.1 Å². The number of amidine groups is 1. The largest absolute Gasteiger partial charge is 0.356 e. The molecule has 22 heavy (non-hydrogen) atoms. The van der Waals surface area contributed by atoms with Gasteiger partial charge in [0, 0.05) is 23.1 Å². The summed E-state index contributed by atoms with van der Waals surface area (Å²) in [5.41, 5.74) is 2.29. The normalized spacial score (nSPS) is 17.5. The minimum absolute atomic E-state index is 0.582. The number of hydrogen-bond acceptors (Lipinski definition) is 4. The van der Waals surface area contributed by atoms with Crippen molar-refractivity contribution in [1.29, 1.82) is 0 Å². The molecule has 0 bridgehead atoms. The van der Waals surface area contributed by atoms with Crippen LogP contribution in [0.4, 0.5) is 0 Å². The second-order valence-electron chi connectivity index (χ2n) is 5.85. The monoisotopic (exact) mass is 359 g/mol. The Hall–Kier alpha value is -1.69. The van der Waals surface area contributed by atoms with Crippen LogP contribution in [0.5, 0.6) is 0 Å². The summed E-state index contributed by atoms with van der Waals surface area (Å²) in [4.78, 5) is 7.30. The summed E-state index contributed by atoms with van der Waals surface area (Å²) in [7, 11) is 0. The zero-order valence-electron chi connectivity index (χ0n) is 12.6. The summed E-state index contributed by atoms with van der Waals surface area (Å²) >= 11 is 3.60. The van der Waals surface area contributed by atoms with Crippen LogP contribution < -0.4 is 0 Å². The van der Waals surface area contributed by atoms with Crippen LogP contribution in [0.15, 0.2) is 27.7 Å². The van der Waals surface area contributed by atoms with Gasteiger partial charge in [-0.1, -0.05) is 15.9 Å². The van der Waals surface area contributed by atoms with E-state index in [1.54, 1.807) is 0 Å². The fraction of sp³-hybridized carbons (Fsp3) is 0.438. The number of aryl methyl sites for hydroxylation is 1. The van der Waals surface area contributed by atoms with Gasteiger partial charge in [0.2, 0.25) is 0 Å². The second kappa shape index (κ2) is 5.50. The van der Waals surface area contributed by atoms with Crippen LogP contribution in [0.1, 0.15) is 36.5 Å². The Labute approximate surface area is 138 Å². The molecule has 1 aromatic heterocycles. The lowest BCUT2D eigenvalue weighted by atomic mass is 10.1. The van der Waals surface area contributed by atoms with Crippen LogP contribution in [0.3, 0.4) is 0 Å². The maximum Gasteiger partial charge on any atom is 0.159 e. The molecule has 2 aliphatic heterocycles. The van der Waals surface area contributed by atoms with Crippen molar-refractivity contribution in [2.24, 2.45) is 4.99 Å². The smallest absolute Gasteiger partial charge is 0.159 e. The molecule has 6 heteroatoms. The van der Waals surface area contributed by atoms with Gasteiger partial charge < -0.3 is 4.90 Å². The number of rotatable bonds is 0. The lowest BCUT2D eigenvalue weighted by Crippen LogP contribution is -2.36. The lowest BCUT2D eigenvalue weighted by molar-refractivity contribution is 0.342. The van der Waals surface area contributed by atoms with Crippen molar-refractivity contribution in [3.8, 4) is 5.69 Å².